The van der Waals surface area contributed by atoms with Gasteiger partial charge in [-0.3, -0.25) is 0 Å². The second kappa shape index (κ2) is 4.86. The Morgan fingerprint density at radius 1 is 1.29 bits per heavy atom. The van der Waals surface area contributed by atoms with Crippen molar-refractivity contribution in [3.8, 4) is 11.5 Å². The molecule has 1 fully saturated rings. The number of fused-ring (bicyclic) bond motifs is 1. The highest BCUT2D eigenvalue weighted by Crippen LogP contribution is 2.39. The van der Waals surface area contributed by atoms with Crippen molar-refractivity contribution < 1.29 is 9.47 Å². The molecule has 0 amide bonds. The second-order valence-electron chi connectivity index (χ2n) is 4.24. The van der Waals surface area contributed by atoms with Gasteiger partial charge in [0.15, 0.2) is 11.5 Å². The van der Waals surface area contributed by atoms with Crippen LogP contribution in [0, 0.1) is 0 Å². The van der Waals surface area contributed by atoms with Gasteiger partial charge in [-0.05, 0) is 18.6 Å². The van der Waals surface area contributed by atoms with E-state index in [1.54, 1.807) is 0 Å². The summed E-state index contributed by atoms with van der Waals surface area (Å²) in [7, 11) is 0. The Balaban J connectivity index is 1.78. The fourth-order valence-electron chi connectivity index (χ4n) is 2.10. The van der Waals surface area contributed by atoms with E-state index < -0.39 is 0 Å². The van der Waals surface area contributed by atoms with Crippen LogP contribution in [0.3, 0.4) is 0 Å². The highest BCUT2D eigenvalue weighted by Gasteiger charge is 2.19. The Bertz CT molecular complexity index is 421. The maximum Gasteiger partial charge on any atom is 0.231 e. The van der Waals surface area contributed by atoms with Crippen molar-refractivity contribution >= 4 is 29.1 Å². The Labute approximate surface area is 110 Å². The molecule has 0 spiro atoms. The Hall–Kier alpha value is -0.740. The molecule has 2 heterocycles. The van der Waals surface area contributed by atoms with Gasteiger partial charge in [-0.2, -0.15) is 11.8 Å². The van der Waals surface area contributed by atoms with Crippen molar-refractivity contribution in [1.29, 1.82) is 0 Å². The number of benzene rings is 1. The average molecular weight is 272 g/mol. The zero-order valence-electron chi connectivity index (χ0n) is 9.37. The fraction of sp³-hybridized carbons (Fsp3) is 0.500. The average Bonchev–Trinajstić information content (AvgIpc) is 2.78. The third-order valence-electron chi connectivity index (χ3n) is 2.98. The van der Waals surface area contributed by atoms with Gasteiger partial charge in [0.2, 0.25) is 6.79 Å². The van der Waals surface area contributed by atoms with Crippen molar-refractivity contribution in [3.63, 3.8) is 0 Å². The number of anilines is 1. The van der Waals surface area contributed by atoms with E-state index >= 15 is 0 Å². The summed E-state index contributed by atoms with van der Waals surface area (Å²) in [5.74, 6) is 3.93. The van der Waals surface area contributed by atoms with E-state index in [1.165, 1.54) is 18.6 Å². The molecule has 1 aromatic rings. The number of ether oxygens (including phenoxy) is 2. The molecular formula is C12H14ClNO2S. The third kappa shape index (κ3) is 2.43. The van der Waals surface area contributed by atoms with E-state index in [0.717, 1.165) is 22.9 Å². The van der Waals surface area contributed by atoms with E-state index in [1.807, 2.05) is 23.9 Å². The molecular weight excluding hydrogens is 258 g/mol. The third-order valence-corrected chi connectivity index (χ3v) is 4.51. The predicted molar refractivity (Wildman–Crippen MR) is 71.5 cm³/mol. The number of nitrogens with one attached hydrogen (secondary N) is 1. The Kier molecular flexibility index (Phi) is 3.25. The van der Waals surface area contributed by atoms with Crippen LogP contribution in [0.1, 0.15) is 12.8 Å². The van der Waals surface area contributed by atoms with Crippen LogP contribution in [0.15, 0.2) is 12.1 Å². The molecule has 0 saturated carbocycles. The zero-order chi connectivity index (χ0) is 11.7. The number of rotatable bonds is 2. The summed E-state index contributed by atoms with van der Waals surface area (Å²) in [6, 6.07) is 4.26. The molecule has 2 aliphatic heterocycles. The summed E-state index contributed by atoms with van der Waals surface area (Å²) in [5, 5.41) is 4.19. The van der Waals surface area contributed by atoms with Crippen LogP contribution in [0.2, 0.25) is 5.02 Å². The van der Waals surface area contributed by atoms with E-state index in [9.17, 15) is 0 Å². The summed E-state index contributed by atoms with van der Waals surface area (Å²) in [4.78, 5) is 0. The van der Waals surface area contributed by atoms with Crippen LogP contribution in [0.4, 0.5) is 5.69 Å². The van der Waals surface area contributed by atoms with Gasteiger partial charge < -0.3 is 14.8 Å². The van der Waals surface area contributed by atoms with E-state index in [-0.39, 0.29) is 6.79 Å². The lowest BCUT2D eigenvalue weighted by molar-refractivity contribution is 0.174. The van der Waals surface area contributed by atoms with Gasteiger partial charge in [0.25, 0.3) is 0 Å². The first-order chi connectivity index (χ1) is 8.33. The lowest BCUT2D eigenvalue weighted by atomic mass is 10.1. The molecule has 3 nitrogen and oxygen atoms in total. The number of thioether (sulfide) groups is 1. The first-order valence-electron chi connectivity index (χ1n) is 5.76. The first-order valence-corrected chi connectivity index (χ1v) is 7.29. The van der Waals surface area contributed by atoms with Crippen molar-refractivity contribution in [2.24, 2.45) is 0 Å². The van der Waals surface area contributed by atoms with Crippen LogP contribution in [-0.4, -0.2) is 24.3 Å². The fourth-order valence-corrected chi connectivity index (χ4v) is 3.38. The van der Waals surface area contributed by atoms with Crippen LogP contribution in [0.5, 0.6) is 11.5 Å². The molecule has 0 radical (unpaired) electrons. The number of halogens is 1. The summed E-state index contributed by atoms with van der Waals surface area (Å²) in [5.41, 5.74) is 0.948. The Morgan fingerprint density at radius 3 is 2.88 bits per heavy atom. The first kappa shape index (κ1) is 11.4. The predicted octanol–water partition coefficient (Wildman–Crippen LogP) is 3.38. The summed E-state index contributed by atoms with van der Waals surface area (Å²) < 4.78 is 10.6. The number of hydrogen-bond donors (Lipinski definition) is 1. The van der Waals surface area contributed by atoms with Gasteiger partial charge in [-0.25, -0.2) is 0 Å². The van der Waals surface area contributed by atoms with Gasteiger partial charge in [-0.1, -0.05) is 11.6 Å². The lowest BCUT2D eigenvalue weighted by Gasteiger charge is -2.24. The quantitative estimate of drug-likeness (QED) is 0.893. The molecule has 0 bridgehead atoms. The minimum absolute atomic E-state index is 0.286. The molecule has 2 aliphatic rings. The highest BCUT2D eigenvalue weighted by atomic mass is 35.5. The molecule has 1 aromatic carbocycles. The van der Waals surface area contributed by atoms with Gasteiger partial charge in [-0.15, -0.1) is 0 Å². The van der Waals surface area contributed by atoms with Gasteiger partial charge in [0.1, 0.15) is 0 Å². The molecule has 1 atom stereocenters. The largest absolute Gasteiger partial charge is 0.454 e. The van der Waals surface area contributed by atoms with E-state index in [2.05, 4.69) is 5.32 Å². The molecule has 1 N–H and O–H groups in total. The molecule has 5 heteroatoms. The van der Waals surface area contributed by atoms with E-state index in [0.29, 0.717) is 11.1 Å². The molecule has 17 heavy (non-hydrogen) atoms. The van der Waals surface area contributed by atoms with Crippen LogP contribution in [0.25, 0.3) is 0 Å². The molecule has 92 valence electrons. The normalized spacial score (nSPS) is 22.5. The Morgan fingerprint density at radius 2 is 2.12 bits per heavy atom. The standard InChI is InChI=1S/C12H14ClNO2S/c13-9-4-11-12(16-7-15-11)5-10(9)14-8-2-1-3-17-6-8/h4-5,8,14H,1-3,6-7H2. The van der Waals surface area contributed by atoms with Crippen molar-refractivity contribution in [2.75, 3.05) is 23.6 Å². The van der Waals surface area contributed by atoms with Crippen LogP contribution in [-0.2, 0) is 0 Å². The van der Waals surface area contributed by atoms with Gasteiger partial charge in [0, 0.05) is 23.9 Å². The summed E-state index contributed by atoms with van der Waals surface area (Å²) >= 11 is 8.21. The lowest BCUT2D eigenvalue weighted by Crippen LogP contribution is -2.25. The minimum Gasteiger partial charge on any atom is -0.454 e. The topological polar surface area (TPSA) is 30.5 Å². The van der Waals surface area contributed by atoms with E-state index in [4.69, 9.17) is 21.1 Å². The SMILES string of the molecule is Clc1cc2c(cc1NC1CCCSC1)OCO2. The smallest absolute Gasteiger partial charge is 0.231 e. The summed E-state index contributed by atoms with van der Waals surface area (Å²) in [6.45, 7) is 0.286. The van der Waals surface area contributed by atoms with Crippen molar-refractivity contribution in [3.05, 3.63) is 17.2 Å². The minimum atomic E-state index is 0.286. The number of hydrogen-bond acceptors (Lipinski definition) is 4. The molecule has 3 rings (SSSR count). The maximum atomic E-state index is 6.22. The molecule has 0 aromatic heterocycles. The van der Waals surface area contributed by atoms with Gasteiger partial charge >= 0.3 is 0 Å². The molecule has 1 unspecified atom stereocenters. The highest BCUT2D eigenvalue weighted by molar-refractivity contribution is 7.99. The van der Waals surface area contributed by atoms with Gasteiger partial charge in [0.05, 0.1) is 10.7 Å². The molecule has 0 aliphatic carbocycles. The van der Waals surface area contributed by atoms with Crippen molar-refractivity contribution in [2.45, 2.75) is 18.9 Å². The zero-order valence-corrected chi connectivity index (χ0v) is 10.9. The maximum absolute atomic E-state index is 6.22. The summed E-state index contributed by atoms with van der Waals surface area (Å²) in [6.07, 6.45) is 2.47. The van der Waals surface area contributed by atoms with Crippen LogP contribution >= 0.6 is 23.4 Å². The monoisotopic (exact) mass is 271 g/mol. The second-order valence-corrected chi connectivity index (χ2v) is 5.80. The van der Waals surface area contributed by atoms with Crippen LogP contribution < -0.4 is 14.8 Å². The van der Waals surface area contributed by atoms with Crippen molar-refractivity contribution in [1.82, 2.24) is 0 Å². The molecule has 1 saturated heterocycles.